The Balaban J connectivity index is 1.48. The molecule has 2 amide bonds. The van der Waals surface area contributed by atoms with Crippen LogP contribution in [0, 0.1) is 11.7 Å². The lowest BCUT2D eigenvalue weighted by molar-refractivity contribution is -0.136. The number of carbonyl (C=O) groups excluding carboxylic acids is 2. The molecule has 1 fully saturated rings. The van der Waals surface area contributed by atoms with Crippen LogP contribution in [0.15, 0.2) is 24.5 Å². The number of aryl methyl sites for hydroxylation is 1. The zero-order valence-corrected chi connectivity index (χ0v) is 23.5. The summed E-state index contributed by atoms with van der Waals surface area (Å²) in [6.45, 7) is 11.4. The van der Waals surface area contributed by atoms with Gasteiger partial charge in [0.2, 0.25) is 5.91 Å². The molecule has 2 aliphatic rings. The predicted octanol–water partition coefficient (Wildman–Crippen LogP) is 4.74. The third-order valence-corrected chi connectivity index (χ3v) is 7.48. The maximum atomic E-state index is 14.1. The van der Waals surface area contributed by atoms with Crippen LogP contribution in [0.4, 0.5) is 15.0 Å². The number of amides is 2. The van der Waals surface area contributed by atoms with Gasteiger partial charge in [0.25, 0.3) is 0 Å². The number of anilines is 1. The van der Waals surface area contributed by atoms with Crippen LogP contribution in [0.2, 0.25) is 5.02 Å². The molecule has 0 saturated carbocycles. The van der Waals surface area contributed by atoms with Crippen molar-refractivity contribution in [3.8, 4) is 0 Å². The maximum absolute atomic E-state index is 14.1. The zero-order chi connectivity index (χ0) is 27.6. The Morgan fingerprint density at radius 3 is 2.68 bits per heavy atom. The minimum Gasteiger partial charge on any atom is -0.444 e. The van der Waals surface area contributed by atoms with Crippen LogP contribution in [0.25, 0.3) is 0 Å². The number of hydrogen-bond donors (Lipinski definition) is 1. The molecule has 206 valence electrons. The minimum atomic E-state index is -0.659. The summed E-state index contributed by atoms with van der Waals surface area (Å²) in [5.74, 6) is 0.161. The van der Waals surface area contributed by atoms with Crippen LogP contribution in [-0.4, -0.2) is 64.7 Å². The van der Waals surface area contributed by atoms with Gasteiger partial charge in [-0.25, -0.2) is 19.2 Å². The Labute approximate surface area is 228 Å². The number of carbonyl (C=O) groups is 2. The summed E-state index contributed by atoms with van der Waals surface area (Å²) in [6.07, 6.45) is 3.35. The van der Waals surface area contributed by atoms with Crippen molar-refractivity contribution in [2.75, 3.05) is 31.1 Å². The number of benzene rings is 1. The number of nitrogens with one attached hydrogen (secondary N) is 1. The highest BCUT2D eigenvalue weighted by atomic mass is 35.5. The van der Waals surface area contributed by atoms with Crippen molar-refractivity contribution in [3.63, 3.8) is 0 Å². The first-order valence-corrected chi connectivity index (χ1v) is 13.6. The highest BCUT2D eigenvalue weighted by Crippen LogP contribution is 2.38. The molecule has 0 radical (unpaired) electrons. The number of aromatic nitrogens is 2. The Kier molecular flexibility index (Phi) is 8.45. The van der Waals surface area contributed by atoms with E-state index in [-0.39, 0.29) is 29.9 Å². The summed E-state index contributed by atoms with van der Waals surface area (Å²) >= 11 is 5.85. The Morgan fingerprint density at radius 1 is 1.24 bits per heavy atom. The molecule has 1 aromatic carbocycles. The molecule has 8 nitrogen and oxygen atoms in total. The van der Waals surface area contributed by atoms with E-state index >= 15 is 0 Å². The van der Waals surface area contributed by atoms with Gasteiger partial charge < -0.3 is 19.9 Å². The largest absolute Gasteiger partial charge is 0.444 e. The monoisotopic (exact) mass is 545 g/mol. The van der Waals surface area contributed by atoms with Crippen molar-refractivity contribution in [2.24, 2.45) is 5.92 Å². The molecule has 2 aromatic rings. The highest BCUT2D eigenvalue weighted by Gasteiger charge is 2.35. The van der Waals surface area contributed by atoms with E-state index in [1.54, 1.807) is 33.2 Å². The summed E-state index contributed by atoms with van der Waals surface area (Å²) in [5, 5.41) is 2.76. The van der Waals surface area contributed by atoms with E-state index in [2.05, 4.69) is 34.0 Å². The van der Waals surface area contributed by atoms with Crippen LogP contribution >= 0.6 is 11.6 Å². The summed E-state index contributed by atoms with van der Waals surface area (Å²) < 4.78 is 19.5. The first-order chi connectivity index (χ1) is 17.9. The molecule has 1 saturated heterocycles. The Bertz CT molecular complexity index is 1190. The molecular formula is C28H37ClFN5O3. The molecule has 3 atom stereocenters. The second kappa shape index (κ2) is 11.4. The molecule has 1 aliphatic carbocycles. The van der Waals surface area contributed by atoms with Crippen molar-refractivity contribution in [2.45, 2.75) is 71.4 Å². The topological polar surface area (TPSA) is 87.7 Å². The number of nitrogens with zero attached hydrogens (tertiary/aromatic N) is 4. The van der Waals surface area contributed by atoms with E-state index in [1.807, 2.05) is 4.90 Å². The maximum Gasteiger partial charge on any atom is 0.407 e. The third kappa shape index (κ3) is 6.54. The van der Waals surface area contributed by atoms with Crippen LogP contribution in [0.1, 0.15) is 63.8 Å². The average molecular weight is 546 g/mol. The number of halogens is 2. The van der Waals surface area contributed by atoms with Crippen LogP contribution < -0.4 is 10.2 Å². The van der Waals surface area contributed by atoms with E-state index < -0.39 is 23.4 Å². The van der Waals surface area contributed by atoms with Crippen LogP contribution in [0.3, 0.4) is 0 Å². The molecule has 4 rings (SSSR count). The fourth-order valence-corrected chi connectivity index (χ4v) is 5.42. The fourth-order valence-electron chi connectivity index (χ4n) is 5.30. The average Bonchev–Trinajstić information content (AvgIpc) is 3.23. The van der Waals surface area contributed by atoms with Gasteiger partial charge >= 0.3 is 6.09 Å². The Hall–Kier alpha value is -2.94. The number of ether oxygens (including phenoxy) is 1. The lowest BCUT2D eigenvalue weighted by Crippen LogP contribution is -2.56. The van der Waals surface area contributed by atoms with Crippen molar-refractivity contribution < 1.29 is 18.7 Å². The van der Waals surface area contributed by atoms with Gasteiger partial charge in [0.15, 0.2) is 0 Å². The van der Waals surface area contributed by atoms with Gasteiger partial charge in [0, 0.05) is 43.5 Å². The van der Waals surface area contributed by atoms with E-state index in [0.717, 1.165) is 24.4 Å². The van der Waals surface area contributed by atoms with Crippen molar-refractivity contribution in [1.82, 2.24) is 20.2 Å². The lowest BCUT2D eigenvalue weighted by Gasteiger charge is -2.42. The summed E-state index contributed by atoms with van der Waals surface area (Å²) in [6, 6.07) is 4.58. The van der Waals surface area contributed by atoms with Crippen molar-refractivity contribution in [1.29, 1.82) is 0 Å². The third-order valence-electron chi connectivity index (χ3n) is 7.17. The van der Waals surface area contributed by atoms with E-state index in [1.165, 1.54) is 17.7 Å². The number of alkyl carbamates (subject to hydrolysis) is 1. The van der Waals surface area contributed by atoms with Crippen LogP contribution in [0.5, 0.6) is 0 Å². The normalized spacial score (nSPS) is 20.2. The quantitative estimate of drug-likeness (QED) is 0.564. The number of rotatable bonds is 6. The first kappa shape index (κ1) is 28.1. The van der Waals surface area contributed by atoms with E-state index in [9.17, 15) is 14.0 Å². The van der Waals surface area contributed by atoms with Gasteiger partial charge in [-0.05, 0) is 70.6 Å². The zero-order valence-electron chi connectivity index (χ0n) is 22.8. The van der Waals surface area contributed by atoms with Gasteiger partial charge in [0.1, 0.15) is 23.6 Å². The summed E-state index contributed by atoms with van der Waals surface area (Å²) in [4.78, 5) is 39.3. The van der Waals surface area contributed by atoms with Crippen molar-refractivity contribution in [3.05, 3.63) is 52.2 Å². The van der Waals surface area contributed by atoms with Gasteiger partial charge in [-0.1, -0.05) is 24.6 Å². The van der Waals surface area contributed by atoms with Crippen LogP contribution in [-0.2, 0) is 22.4 Å². The van der Waals surface area contributed by atoms with E-state index in [0.29, 0.717) is 31.1 Å². The molecule has 1 N–H and O–H groups in total. The smallest absolute Gasteiger partial charge is 0.407 e. The summed E-state index contributed by atoms with van der Waals surface area (Å²) in [5.41, 5.74) is 2.32. The first-order valence-electron chi connectivity index (χ1n) is 13.2. The predicted molar refractivity (Wildman–Crippen MR) is 145 cm³/mol. The number of hydrogen-bond acceptors (Lipinski definition) is 6. The highest BCUT2D eigenvalue weighted by molar-refractivity contribution is 6.30. The molecular weight excluding hydrogens is 509 g/mol. The fraction of sp³-hybridized carbons (Fsp3) is 0.571. The molecule has 38 heavy (non-hydrogen) atoms. The Morgan fingerprint density at radius 2 is 2.00 bits per heavy atom. The molecule has 0 bridgehead atoms. The van der Waals surface area contributed by atoms with Gasteiger partial charge in [-0.3, -0.25) is 4.79 Å². The number of piperazine rings is 1. The molecule has 10 heteroatoms. The van der Waals surface area contributed by atoms with Crippen molar-refractivity contribution >= 4 is 29.4 Å². The van der Waals surface area contributed by atoms with Gasteiger partial charge in [-0.2, -0.15) is 0 Å². The molecule has 2 heterocycles. The molecule has 3 unspecified atom stereocenters. The summed E-state index contributed by atoms with van der Waals surface area (Å²) in [7, 11) is 0. The molecule has 0 spiro atoms. The second-order valence-electron chi connectivity index (χ2n) is 11.4. The molecule has 1 aliphatic heterocycles. The minimum absolute atomic E-state index is 0.0268. The van der Waals surface area contributed by atoms with Gasteiger partial charge in [0.05, 0.1) is 10.9 Å². The standard InChI is InChI=1S/C28H37ClFN5O3/c1-17-6-9-23-24(17)25(33-16-32-23)35-11-10-34(15-18(35)2)26(36)20(14-31-27(37)38-28(3,4)5)12-19-7-8-21(29)22(30)13-19/h7-8,13,16-18,20H,6,9-12,14-15H2,1-5H3,(H,31,37). The number of fused-ring (bicyclic) bond motifs is 1. The molecule has 1 aromatic heterocycles. The van der Waals surface area contributed by atoms with E-state index in [4.69, 9.17) is 16.3 Å². The SMILES string of the molecule is CC1CCc2ncnc(N3CCN(C(=O)C(CNC(=O)OC(C)(C)C)Cc4ccc(Cl)c(F)c4)CC3C)c21. The lowest BCUT2D eigenvalue weighted by atomic mass is 9.96. The van der Waals surface area contributed by atoms with Gasteiger partial charge in [-0.15, -0.1) is 0 Å². The second-order valence-corrected chi connectivity index (χ2v) is 11.8.